The van der Waals surface area contributed by atoms with E-state index in [9.17, 15) is 0 Å². The summed E-state index contributed by atoms with van der Waals surface area (Å²) in [5.74, 6) is 0. The molecule has 3 N–H and O–H groups in total. The van der Waals surface area contributed by atoms with Crippen LogP contribution in [0.2, 0.25) is 0 Å². The molecule has 2 unspecified atom stereocenters. The molecule has 19 heavy (non-hydrogen) atoms. The maximum atomic E-state index is 6.20. The summed E-state index contributed by atoms with van der Waals surface area (Å²) in [6, 6.07) is 17.6. The fourth-order valence-corrected chi connectivity index (χ4v) is 2.85. The molecule has 0 aliphatic heterocycles. The van der Waals surface area contributed by atoms with Crippen LogP contribution in [-0.2, 0) is 6.42 Å². The summed E-state index contributed by atoms with van der Waals surface area (Å²) >= 11 is 0. The number of aryl methyl sites for hydroxylation is 1. The van der Waals surface area contributed by atoms with E-state index in [0.717, 1.165) is 12.8 Å². The van der Waals surface area contributed by atoms with Gasteiger partial charge in [0.05, 0.1) is 6.04 Å². The average molecular weight is 252 g/mol. The summed E-state index contributed by atoms with van der Waals surface area (Å²) in [5, 5.41) is 3.60. The highest BCUT2D eigenvalue weighted by molar-refractivity contribution is 5.50. The topological polar surface area (TPSA) is 38.0 Å². The van der Waals surface area contributed by atoms with Gasteiger partial charge >= 0.3 is 0 Å². The quantitative estimate of drug-likeness (QED) is 0.871. The van der Waals surface area contributed by atoms with Crippen molar-refractivity contribution in [2.45, 2.75) is 31.8 Å². The SMILES string of the molecule is CCc1ccc(NC2CC(N)c3ccccc32)cc1. The number of anilines is 1. The Kier molecular flexibility index (Phi) is 3.26. The third-order valence-corrected chi connectivity index (χ3v) is 3.96. The highest BCUT2D eigenvalue weighted by Crippen LogP contribution is 2.38. The molecule has 98 valence electrons. The van der Waals surface area contributed by atoms with E-state index in [1.807, 2.05) is 0 Å². The molecule has 0 amide bonds. The van der Waals surface area contributed by atoms with E-state index >= 15 is 0 Å². The van der Waals surface area contributed by atoms with Crippen LogP contribution < -0.4 is 11.1 Å². The molecule has 0 saturated heterocycles. The lowest BCUT2D eigenvalue weighted by Gasteiger charge is -2.15. The molecule has 1 aliphatic carbocycles. The monoisotopic (exact) mass is 252 g/mol. The molecule has 3 rings (SSSR count). The molecule has 0 radical (unpaired) electrons. The molecular formula is C17H20N2. The molecular weight excluding hydrogens is 232 g/mol. The lowest BCUT2D eigenvalue weighted by Crippen LogP contribution is -2.09. The van der Waals surface area contributed by atoms with Crippen LogP contribution in [0.25, 0.3) is 0 Å². The minimum atomic E-state index is 0.156. The van der Waals surface area contributed by atoms with E-state index in [4.69, 9.17) is 5.73 Å². The van der Waals surface area contributed by atoms with E-state index in [1.165, 1.54) is 22.4 Å². The molecule has 2 nitrogen and oxygen atoms in total. The zero-order valence-corrected chi connectivity index (χ0v) is 11.3. The van der Waals surface area contributed by atoms with Gasteiger partial charge in [0.25, 0.3) is 0 Å². The van der Waals surface area contributed by atoms with Crippen LogP contribution in [0.15, 0.2) is 48.5 Å². The first-order chi connectivity index (χ1) is 9.28. The van der Waals surface area contributed by atoms with E-state index < -0.39 is 0 Å². The number of rotatable bonds is 3. The average Bonchev–Trinajstić information content (AvgIpc) is 2.77. The summed E-state index contributed by atoms with van der Waals surface area (Å²) < 4.78 is 0. The summed E-state index contributed by atoms with van der Waals surface area (Å²) in [6.45, 7) is 2.18. The van der Waals surface area contributed by atoms with Gasteiger partial charge in [-0.25, -0.2) is 0 Å². The van der Waals surface area contributed by atoms with Crippen molar-refractivity contribution in [3.8, 4) is 0 Å². The van der Waals surface area contributed by atoms with Crippen molar-refractivity contribution in [3.63, 3.8) is 0 Å². The lowest BCUT2D eigenvalue weighted by atomic mass is 10.1. The second kappa shape index (κ2) is 5.06. The van der Waals surface area contributed by atoms with E-state index in [2.05, 4.69) is 60.8 Å². The van der Waals surface area contributed by atoms with Crippen molar-refractivity contribution in [1.29, 1.82) is 0 Å². The largest absolute Gasteiger partial charge is 0.378 e. The van der Waals surface area contributed by atoms with Crippen LogP contribution >= 0.6 is 0 Å². The van der Waals surface area contributed by atoms with Gasteiger partial charge in [0, 0.05) is 11.7 Å². The van der Waals surface area contributed by atoms with Crippen LogP contribution in [-0.4, -0.2) is 0 Å². The zero-order chi connectivity index (χ0) is 13.2. The Bertz CT molecular complexity index is 560. The minimum Gasteiger partial charge on any atom is -0.378 e. The molecule has 0 fully saturated rings. The van der Waals surface area contributed by atoms with Crippen molar-refractivity contribution in [3.05, 3.63) is 65.2 Å². The number of hydrogen-bond acceptors (Lipinski definition) is 2. The summed E-state index contributed by atoms with van der Waals surface area (Å²) in [7, 11) is 0. The standard InChI is InChI=1S/C17H20N2/c1-2-12-7-9-13(10-8-12)19-17-11-16(18)14-5-3-4-6-15(14)17/h3-10,16-17,19H,2,11,18H2,1H3. The third kappa shape index (κ3) is 2.36. The van der Waals surface area contributed by atoms with E-state index in [1.54, 1.807) is 0 Å². The van der Waals surface area contributed by atoms with E-state index in [-0.39, 0.29) is 6.04 Å². The Hall–Kier alpha value is -1.80. The molecule has 2 heteroatoms. The molecule has 0 heterocycles. The molecule has 2 atom stereocenters. The van der Waals surface area contributed by atoms with Crippen LogP contribution in [0.5, 0.6) is 0 Å². The van der Waals surface area contributed by atoms with Crippen molar-refractivity contribution in [2.75, 3.05) is 5.32 Å². The number of benzene rings is 2. The molecule has 0 saturated carbocycles. The summed E-state index contributed by atoms with van der Waals surface area (Å²) in [6.07, 6.45) is 2.05. The first kappa shape index (κ1) is 12.2. The number of nitrogens with one attached hydrogen (secondary N) is 1. The smallest absolute Gasteiger partial charge is 0.0535 e. The predicted molar refractivity (Wildman–Crippen MR) is 80.2 cm³/mol. The highest BCUT2D eigenvalue weighted by Gasteiger charge is 2.27. The third-order valence-electron chi connectivity index (χ3n) is 3.96. The molecule has 2 aromatic rings. The van der Waals surface area contributed by atoms with Crippen molar-refractivity contribution in [1.82, 2.24) is 0 Å². The van der Waals surface area contributed by atoms with Gasteiger partial charge < -0.3 is 11.1 Å². The number of nitrogens with two attached hydrogens (primary N) is 1. The molecule has 2 aromatic carbocycles. The Morgan fingerprint density at radius 1 is 1.05 bits per heavy atom. The Labute approximate surface area is 114 Å². The van der Waals surface area contributed by atoms with Gasteiger partial charge in [-0.1, -0.05) is 43.3 Å². The van der Waals surface area contributed by atoms with Crippen LogP contribution in [0.1, 0.15) is 42.1 Å². The maximum Gasteiger partial charge on any atom is 0.0535 e. The normalized spacial score (nSPS) is 21.2. The Morgan fingerprint density at radius 3 is 2.42 bits per heavy atom. The van der Waals surface area contributed by atoms with Gasteiger partial charge in [0.15, 0.2) is 0 Å². The predicted octanol–water partition coefficient (Wildman–Crippen LogP) is 3.81. The molecule has 0 bridgehead atoms. The molecule has 1 aliphatic rings. The van der Waals surface area contributed by atoms with Crippen LogP contribution in [0.4, 0.5) is 5.69 Å². The van der Waals surface area contributed by atoms with Crippen LogP contribution in [0.3, 0.4) is 0 Å². The van der Waals surface area contributed by atoms with Gasteiger partial charge in [-0.05, 0) is 41.7 Å². The van der Waals surface area contributed by atoms with Crippen molar-refractivity contribution in [2.24, 2.45) is 5.73 Å². The molecule has 0 aromatic heterocycles. The van der Waals surface area contributed by atoms with Crippen LogP contribution in [0, 0.1) is 0 Å². The van der Waals surface area contributed by atoms with Crippen molar-refractivity contribution < 1.29 is 0 Å². The summed E-state index contributed by atoms with van der Waals surface area (Å²) in [4.78, 5) is 0. The first-order valence-electron chi connectivity index (χ1n) is 6.98. The summed E-state index contributed by atoms with van der Waals surface area (Å²) in [5.41, 5.74) is 11.4. The Balaban J connectivity index is 1.81. The van der Waals surface area contributed by atoms with Gasteiger partial charge in [-0.2, -0.15) is 0 Å². The maximum absolute atomic E-state index is 6.20. The van der Waals surface area contributed by atoms with E-state index in [0.29, 0.717) is 6.04 Å². The lowest BCUT2D eigenvalue weighted by molar-refractivity contribution is 0.648. The fourth-order valence-electron chi connectivity index (χ4n) is 2.85. The second-order valence-electron chi connectivity index (χ2n) is 5.22. The number of hydrogen-bond donors (Lipinski definition) is 2. The van der Waals surface area contributed by atoms with Gasteiger partial charge in [0.2, 0.25) is 0 Å². The molecule has 0 spiro atoms. The fraction of sp³-hybridized carbons (Fsp3) is 0.294. The van der Waals surface area contributed by atoms with Gasteiger partial charge in [-0.3, -0.25) is 0 Å². The van der Waals surface area contributed by atoms with Gasteiger partial charge in [-0.15, -0.1) is 0 Å². The minimum absolute atomic E-state index is 0.156. The number of fused-ring (bicyclic) bond motifs is 1. The second-order valence-corrected chi connectivity index (χ2v) is 5.22. The van der Waals surface area contributed by atoms with Crippen molar-refractivity contribution >= 4 is 5.69 Å². The van der Waals surface area contributed by atoms with Gasteiger partial charge in [0.1, 0.15) is 0 Å². The highest BCUT2D eigenvalue weighted by atomic mass is 14.9. The first-order valence-corrected chi connectivity index (χ1v) is 6.98. The Morgan fingerprint density at radius 2 is 1.74 bits per heavy atom. The zero-order valence-electron chi connectivity index (χ0n) is 11.3.